The molecule has 2 aromatic carbocycles. The van der Waals surface area contributed by atoms with Gasteiger partial charge in [0.1, 0.15) is 11.5 Å². The van der Waals surface area contributed by atoms with Crippen molar-refractivity contribution in [3.8, 4) is 17.6 Å². The van der Waals surface area contributed by atoms with Crippen LogP contribution in [0.25, 0.3) is 0 Å². The fourth-order valence-electron chi connectivity index (χ4n) is 3.65. The molecule has 1 aliphatic heterocycles. The van der Waals surface area contributed by atoms with Crippen LogP contribution in [0.5, 0.6) is 11.5 Å². The molecular weight excluding hydrogens is 386 g/mol. The van der Waals surface area contributed by atoms with Crippen LogP contribution in [0.15, 0.2) is 47.4 Å². The summed E-state index contributed by atoms with van der Waals surface area (Å²) in [6.07, 6.45) is 1.98. The van der Waals surface area contributed by atoms with Gasteiger partial charge in [-0.1, -0.05) is 12.1 Å². The molecule has 1 heterocycles. The van der Waals surface area contributed by atoms with Crippen LogP contribution in [0.4, 0.5) is 5.69 Å². The third-order valence-electron chi connectivity index (χ3n) is 4.96. The van der Waals surface area contributed by atoms with E-state index in [0.717, 1.165) is 47.0 Å². The molecule has 0 saturated carbocycles. The van der Waals surface area contributed by atoms with E-state index in [2.05, 4.69) is 16.3 Å². The molecule has 1 N–H and O–H groups in total. The first-order chi connectivity index (χ1) is 14.2. The molecule has 0 spiro atoms. The van der Waals surface area contributed by atoms with Crippen molar-refractivity contribution in [1.82, 2.24) is 4.90 Å². The minimum absolute atomic E-state index is 0.0660. The van der Waals surface area contributed by atoms with Gasteiger partial charge in [0, 0.05) is 16.5 Å². The van der Waals surface area contributed by atoms with E-state index in [1.807, 2.05) is 42.5 Å². The lowest BCUT2D eigenvalue weighted by molar-refractivity contribution is -0.117. The number of nitriles is 1. The van der Waals surface area contributed by atoms with Gasteiger partial charge in [-0.15, -0.1) is 11.8 Å². The SMILES string of the molecule is COc1ccc(OC)c([C@H]2CCCN2CC(=O)Nc2ccccc2SCC#N)c1. The Kier molecular flexibility index (Phi) is 7.39. The molecule has 2 aromatic rings. The van der Waals surface area contributed by atoms with Crippen LogP contribution >= 0.6 is 11.8 Å². The molecule has 152 valence electrons. The number of ether oxygens (including phenoxy) is 2. The third-order valence-corrected chi connectivity index (χ3v) is 5.90. The lowest BCUT2D eigenvalue weighted by Gasteiger charge is -2.26. The van der Waals surface area contributed by atoms with Crippen molar-refractivity contribution >= 4 is 23.4 Å². The normalized spacial score (nSPS) is 16.2. The Morgan fingerprint density at radius 1 is 1.28 bits per heavy atom. The van der Waals surface area contributed by atoms with E-state index < -0.39 is 0 Å². The average Bonchev–Trinajstić information content (AvgIpc) is 3.20. The average molecular weight is 412 g/mol. The molecule has 1 aliphatic rings. The van der Waals surface area contributed by atoms with Gasteiger partial charge >= 0.3 is 0 Å². The Bertz CT molecular complexity index is 897. The minimum atomic E-state index is -0.0660. The number of thioether (sulfide) groups is 1. The molecule has 3 rings (SSSR count). The second kappa shape index (κ2) is 10.2. The first-order valence-corrected chi connectivity index (χ1v) is 10.5. The molecule has 1 saturated heterocycles. The van der Waals surface area contributed by atoms with Gasteiger partial charge < -0.3 is 14.8 Å². The zero-order valence-electron chi connectivity index (χ0n) is 16.7. The van der Waals surface area contributed by atoms with Crippen LogP contribution in [-0.4, -0.2) is 43.9 Å². The maximum Gasteiger partial charge on any atom is 0.238 e. The molecule has 7 heteroatoms. The van der Waals surface area contributed by atoms with Gasteiger partial charge in [-0.2, -0.15) is 5.26 Å². The van der Waals surface area contributed by atoms with E-state index in [9.17, 15) is 4.79 Å². The molecule has 0 aromatic heterocycles. The van der Waals surface area contributed by atoms with Crippen LogP contribution in [0.1, 0.15) is 24.4 Å². The molecule has 1 amide bonds. The van der Waals surface area contributed by atoms with Crippen molar-refractivity contribution in [3.63, 3.8) is 0 Å². The van der Waals surface area contributed by atoms with Crippen molar-refractivity contribution in [3.05, 3.63) is 48.0 Å². The Hall–Kier alpha value is -2.69. The number of para-hydroxylation sites is 1. The second-order valence-corrected chi connectivity index (χ2v) is 7.74. The van der Waals surface area contributed by atoms with E-state index in [4.69, 9.17) is 14.7 Å². The summed E-state index contributed by atoms with van der Waals surface area (Å²) in [4.78, 5) is 15.8. The highest BCUT2D eigenvalue weighted by Gasteiger charge is 2.30. The van der Waals surface area contributed by atoms with Gasteiger partial charge in [0.25, 0.3) is 0 Å². The molecule has 1 atom stereocenters. The van der Waals surface area contributed by atoms with Gasteiger partial charge in [0.15, 0.2) is 0 Å². The van der Waals surface area contributed by atoms with Crippen molar-refractivity contribution in [2.24, 2.45) is 0 Å². The molecule has 1 fully saturated rings. The van der Waals surface area contributed by atoms with Crippen LogP contribution < -0.4 is 14.8 Å². The van der Waals surface area contributed by atoms with E-state index in [1.54, 1.807) is 14.2 Å². The zero-order valence-corrected chi connectivity index (χ0v) is 17.5. The highest BCUT2D eigenvalue weighted by Crippen LogP contribution is 2.38. The fraction of sp³-hybridized carbons (Fsp3) is 0.364. The third kappa shape index (κ3) is 5.22. The number of likely N-dealkylation sites (tertiary alicyclic amines) is 1. The minimum Gasteiger partial charge on any atom is -0.497 e. The summed E-state index contributed by atoms with van der Waals surface area (Å²) in [5.41, 5.74) is 1.79. The number of benzene rings is 2. The van der Waals surface area contributed by atoms with Gasteiger partial charge in [0.2, 0.25) is 5.91 Å². The zero-order chi connectivity index (χ0) is 20.6. The van der Waals surface area contributed by atoms with Crippen molar-refractivity contribution in [2.75, 3.05) is 38.4 Å². The number of nitrogens with zero attached hydrogens (tertiary/aromatic N) is 2. The molecule has 6 nitrogen and oxygen atoms in total. The predicted molar refractivity (Wildman–Crippen MR) is 115 cm³/mol. The smallest absolute Gasteiger partial charge is 0.238 e. The number of amides is 1. The van der Waals surface area contributed by atoms with Crippen LogP contribution in [0.2, 0.25) is 0 Å². The van der Waals surface area contributed by atoms with Gasteiger partial charge in [0.05, 0.1) is 38.3 Å². The molecule has 0 aliphatic carbocycles. The number of carbonyl (C=O) groups is 1. The monoisotopic (exact) mass is 411 g/mol. The summed E-state index contributed by atoms with van der Waals surface area (Å²) in [7, 11) is 3.31. The first-order valence-electron chi connectivity index (χ1n) is 9.51. The predicted octanol–water partition coefficient (Wildman–Crippen LogP) is 4.10. The van der Waals surface area contributed by atoms with E-state index in [-0.39, 0.29) is 11.9 Å². The quantitative estimate of drug-likeness (QED) is 0.660. The number of carbonyl (C=O) groups excluding carboxylic acids is 1. The van der Waals surface area contributed by atoms with Gasteiger partial charge in [-0.3, -0.25) is 9.69 Å². The topological polar surface area (TPSA) is 74.6 Å². The highest BCUT2D eigenvalue weighted by molar-refractivity contribution is 7.99. The second-order valence-electron chi connectivity index (χ2n) is 6.73. The summed E-state index contributed by atoms with van der Waals surface area (Å²) in [5.74, 6) is 1.86. The summed E-state index contributed by atoms with van der Waals surface area (Å²) in [6.45, 7) is 1.14. The lowest BCUT2D eigenvalue weighted by atomic mass is 10.0. The number of methoxy groups -OCH3 is 2. The van der Waals surface area contributed by atoms with Crippen LogP contribution in [0, 0.1) is 11.3 Å². The molecule has 0 bridgehead atoms. The van der Waals surface area contributed by atoms with Gasteiger partial charge in [-0.05, 0) is 49.7 Å². The number of nitrogens with one attached hydrogen (secondary N) is 1. The molecule has 0 radical (unpaired) electrons. The van der Waals surface area contributed by atoms with Crippen LogP contribution in [-0.2, 0) is 4.79 Å². The summed E-state index contributed by atoms with van der Waals surface area (Å²) >= 11 is 1.42. The van der Waals surface area contributed by atoms with E-state index in [1.165, 1.54) is 11.8 Å². The summed E-state index contributed by atoms with van der Waals surface area (Å²) in [6, 6.07) is 15.6. The summed E-state index contributed by atoms with van der Waals surface area (Å²) in [5, 5.41) is 11.8. The Labute approximate surface area is 175 Å². The Balaban J connectivity index is 1.72. The van der Waals surface area contributed by atoms with Crippen molar-refractivity contribution in [2.45, 2.75) is 23.8 Å². The lowest BCUT2D eigenvalue weighted by Crippen LogP contribution is -2.33. The van der Waals surface area contributed by atoms with Crippen molar-refractivity contribution < 1.29 is 14.3 Å². The largest absolute Gasteiger partial charge is 0.497 e. The number of hydrogen-bond donors (Lipinski definition) is 1. The number of hydrogen-bond acceptors (Lipinski definition) is 6. The maximum absolute atomic E-state index is 12.8. The number of anilines is 1. The van der Waals surface area contributed by atoms with Crippen LogP contribution in [0.3, 0.4) is 0 Å². The highest BCUT2D eigenvalue weighted by atomic mass is 32.2. The van der Waals surface area contributed by atoms with E-state index in [0.29, 0.717) is 12.3 Å². The summed E-state index contributed by atoms with van der Waals surface area (Å²) < 4.78 is 10.9. The first kappa shape index (κ1) is 21.0. The standard InChI is InChI=1S/C22H25N3O3S/c1-27-16-9-10-20(28-2)17(14-16)19-7-5-12-25(19)15-22(26)24-18-6-3-4-8-21(18)29-13-11-23/h3-4,6,8-10,14,19H,5,7,12-13,15H2,1-2H3,(H,24,26)/t19-/m1/s1. The molecule has 29 heavy (non-hydrogen) atoms. The molecular formula is C22H25N3O3S. The Morgan fingerprint density at radius 3 is 2.86 bits per heavy atom. The fourth-order valence-corrected chi connectivity index (χ4v) is 4.32. The number of rotatable bonds is 8. The van der Waals surface area contributed by atoms with Crippen molar-refractivity contribution in [1.29, 1.82) is 5.26 Å². The van der Waals surface area contributed by atoms with E-state index >= 15 is 0 Å². The van der Waals surface area contributed by atoms with Gasteiger partial charge in [-0.25, -0.2) is 0 Å². The maximum atomic E-state index is 12.8. The Morgan fingerprint density at radius 2 is 2.10 bits per heavy atom. The molecule has 0 unspecified atom stereocenters.